The van der Waals surface area contributed by atoms with Gasteiger partial charge in [-0.25, -0.2) is 8.42 Å². The minimum atomic E-state index is -3.49. The Balaban J connectivity index is 1.53. The molecule has 1 fully saturated rings. The summed E-state index contributed by atoms with van der Waals surface area (Å²) in [5.41, 5.74) is 1.17. The number of nitrogens with one attached hydrogen (secondary N) is 2. The van der Waals surface area contributed by atoms with Crippen LogP contribution in [0.3, 0.4) is 0 Å². The lowest BCUT2D eigenvalue weighted by Crippen LogP contribution is -2.35. The van der Waals surface area contributed by atoms with E-state index in [1.807, 2.05) is 0 Å². The lowest BCUT2D eigenvalue weighted by molar-refractivity contribution is -0.136. The fourth-order valence-corrected chi connectivity index (χ4v) is 4.68. The molecule has 0 bridgehead atoms. The molecule has 30 heavy (non-hydrogen) atoms. The van der Waals surface area contributed by atoms with Crippen LogP contribution in [0.25, 0.3) is 0 Å². The molecule has 0 atom stereocenters. The van der Waals surface area contributed by atoms with Crippen molar-refractivity contribution in [3.63, 3.8) is 0 Å². The molecule has 2 aromatic rings. The maximum atomic E-state index is 12.7. The van der Waals surface area contributed by atoms with Crippen LogP contribution in [0.5, 0.6) is 5.75 Å². The number of nitrogens with zero attached hydrogens (tertiary/aromatic N) is 1. The molecule has 0 aromatic heterocycles. The number of carbonyl (C=O) groups excluding carboxylic acids is 2. The van der Waals surface area contributed by atoms with Gasteiger partial charge in [-0.05, 0) is 54.8 Å². The predicted molar refractivity (Wildman–Crippen MR) is 113 cm³/mol. The molecule has 0 unspecified atom stereocenters. The highest BCUT2D eigenvalue weighted by atomic mass is 32.2. The monoisotopic (exact) mass is 431 g/mol. The van der Waals surface area contributed by atoms with Gasteiger partial charge in [-0.2, -0.15) is 4.31 Å². The molecular weight excluding hydrogens is 406 g/mol. The van der Waals surface area contributed by atoms with E-state index in [1.54, 1.807) is 36.4 Å². The third-order valence-corrected chi connectivity index (χ3v) is 6.80. The lowest BCUT2D eigenvalue weighted by Gasteiger charge is -2.25. The van der Waals surface area contributed by atoms with Crippen LogP contribution in [0.1, 0.15) is 24.8 Å². The van der Waals surface area contributed by atoms with Crippen molar-refractivity contribution in [2.24, 2.45) is 0 Å². The molecule has 160 valence electrons. The van der Waals surface area contributed by atoms with Crippen molar-refractivity contribution in [1.82, 2.24) is 9.62 Å². The zero-order chi connectivity index (χ0) is 21.6. The number of sulfonamides is 1. The van der Waals surface area contributed by atoms with Crippen LogP contribution in [0.4, 0.5) is 5.69 Å². The number of benzene rings is 2. The summed E-state index contributed by atoms with van der Waals surface area (Å²) in [6, 6.07) is 12.9. The van der Waals surface area contributed by atoms with E-state index in [1.165, 1.54) is 23.5 Å². The van der Waals surface area contributed by atoms with Gasteiger partial charge in [-0.15, -0.1) is 0 Å². The molecule has 0 aliphatic carbocycles. The maximum absolute atomic E-state index is 12.7. The van der Waals surface area contributed by atoms with E-state index >= 15 is 0 Å². The van der Waals surface area contributed by atoms with E-state index in [9.17, 15) is 18.0 Å². The van der Waals surface area contributed by atoms with Gasteiger partial charge in [0.2, 0.25) is 10.0 Å². The van der Waals surface area contributed by atoms with Gasteiger partial charge in [0.15, 0.2) is 0 Å². The maximum Gasteiger partial charge on any atom is 0.313 e. The number of carbonyl (C=O) groups is 2. The van der Waals surface area contributed by atoms with Crippen LogP contribution >= 0.6 is 0 Å². The summed E-state index contributed by atoms with van der Waals surface area (Å²) < 4.78 is 31.9. The number of hydrogen-bond acceptors (Lipinski definition) is 5. The van der Waals surface area contributed by atoms with Gasteiger partial charge in [0.1, 0.15) is 5.75 Å². The summed E-state index contributed by atoms with van der Waals surface area (Å²) in [6.07, 6.45) is 2.81. The van der Waals surface area contributed by atoms with Crippen LogP contribution in [-0.4, -0.2) is 44.7 Å². The fourth-order valence-electron chi connectivity index (χ4n) is 3.16. The van der Waals surface area contributed by atoms with Crippen LogP contribution < -0.4 is 15.4 Å². The summed E-state index contributed by atoms with van der Waals surface area (Å²) in [5.74, 6) is -0.927. The van der Waals surface area contributed by atoms with Crippen molar-refractivity contribution >= 4 is 27.5 Å². The first-order valence-electron chi connectivity index (χ1n) is 9.72. The lowest BCUT2D eigenvalue weighted by atomic mass is 10.2. The Morgan fingerprint density at radius 2 is 1.57 bits per heavy atom. The number of methoxy groups -OCH3 is 1. The largest absolute Gasteiger partial charge is 0.497 e. The van der Waals surface area contributed by atoms with E-state index in [4.69, 9.17) is 4.74 Å². The van der Waals surface area contributed by atoms with Crippen LogP contribution in [0.2, 0.25) is 0 Å². The molecule has 2 N–H and O–H groups in total. The molecule has 2 aromatic carbocycles. The molecule has 1 aliphatic rings. The van der Waals surface area contributed by atoms with Crippen LogP contribution in [0, 0.1) is 0 Å². The van der Waals surface area contributed by atoms with Crippen molar-refractivity contribution in [3.05, 3.63) is 54.1 Å². The van der Waals surface area contributed by atoms with Crippen LogP contribution in [0.15, 0.2) is 53.4 Å². The molecule has 1 heterocycles. The number of piperidine rings is 1. The van der Waals surface area contributed by atoms with Gasteiger partial charge < -0.3 is 15.4 Å². The molecule has 8 nitrogen and oxygen atoms in total. The summed E-state index contributed by atoms with van der Waals surface area (Å²) in [5, 5.41) is 5.03. The minimum absolute atomic E-state index is 0.110. The minimum Gasteiger partial charge on any atom is -0.497 e. The predicted octanol–water partition coefficient (Wildman–Crippen LogP) is 2.12. The number of ether oxygens (including phenoxy) is 1. The molecule has 3 rings (SSSR count). The molecule has 1 saturated heterocycles. The highest BCUT2D eigenvalue weighted by Crippen LogP contribution is 2.21. The van der Waals surface area contributed by atoms with Crippen LogP contribution in [-0.2, 0) is 26.2 Å². The van der Waals surface area contributed by atoms with Gasteiger partial charge in [0, 0.05) is 25.3 Å². The van der Waals surface area contributed by atoms with Gasteiger partial charge in [0.25, 0.3) is 0 Å². The Morgan fingerprint density at radius 1 is 0.933 bits per heavy atom. The van der Waals surface area contributed by atoms with E-state index in [0.717, 1.165) is 19.3 Å². The first kappa shape index (κ1) is 21.8. The summed E-state index contributed by atoms with van der Waals surface area (Å²) >= 11 is 0. The number of amides is 2. The second kappa shape index (κ2) is 9.73. The summed E-state index contributed by atoms with van der Waals surface area (Å²) in [7, 11) is -1.95. The highest BCUT2D eigenvalue weighted by molar-refractivity contribution is 7.89. The Bertz CT molecular complexity index is 982. The Morgan fingerprint density at radius 3 is 2.17 bits per heavy atom. The number of anilines is 1. The second-order valence-corrected chi connectivity index (χ2v) is 8.91. The van der Waals surface area contributed by atoms with Crippen molar-refractivity contribution in [1.29, 1.82) is 0 Å². The molecule has 0 spiro atoms. The van der Waals surface area contributed by atoms with Gasteiger partial charge >= 0.3 is 11.8 Å². The van der Waals surface area contributed by atoms with Gasteiger partial charge in [-0.3, -0.25) is 9.59 Å². The third kappa shape index (κ3) is 5.37. The zero-order valence-electron chi connectivity index (χ0n) is 16.8. The number of hydrogen-bond donors (Lipinski definition) is 2. The molecule has 2 amide bonds. The van der Waals surface area contributed by atoms with E-state index < -0.39 is 21.8 Å². The van der Waals surface area contributed by atoms with E-state index in [2.05, 4.69) is 10.6 Å². The molecular formula is C21H25N3O5S. The van der Waals surface area contributed by atoms with Gasteiger partial charge in [-0.1, -0.05) is 18.6 Å². The Kier molecular flexibility index (Phi) is 7.07. The summed E-state index contributed by atoms with van der Waals surface area (Å²) in [6.45, 7) is 1.20. The quantitative estimate of drug-likeness (QED) is 0.682. The first-order valence-corrected chi connectivity index (χ1v) is 11.2. The Labute approximate surface area is 176 Å². The molecule has 9 heteroatoms. The Hall–Kier alpha value is -2.91. The zero-order valence-corrected chi connectivity index (χ0v) is 17.6. The van der Waals surface area contributed by atoms with Crippen molar-refractivity contribution in [3.8, 4) is 5.75 Å². The van der Waals surface area contributed by atoms with Gasteiger partial charge in [0.05, 0.1) is 12.0 Å². The van der Waals surface area contributed by atoms with E-state index in [0.29, 0.717) is 30.1 Å². The first-order chi connectivity index (χ1) is 14.4. The highest BCUT2D eigenvalue weighted by Gasteiger charge is 2.25. The molecule has 1 aliphatic heterocycles. The smallest absolute Gasteiger partial charge is 0.313 e. The van der Waals surface area contributed by atoms with Crippen molar-refractivity contribution < 1.29 is 22.7 Å². The molecule has 0 radical (unpaired) electrons. The summed E-state index contributed by atoms with van der Waals surface area (Å²) in [4.78, 5) is 24.3. The SMILES string of the molecule is COc1ccc(NC(=O)C(=O)NCc2ccc(S(=O)(=O)N3CCCCC3)cc2)cc1. The van der Waals surface area contributed by atoms with E-state index in [-0.39, 0.29) is 11.4 Å². The number of rotatable bonds is 6. The fraction of sp³-hybridized carbons (Fsp3) is 0.333. The van der Waals surface area contributed by atoms with Crippen molar-refractivity contribution in [2.45, 2.75) is 30.7 Å². The normalized spacial score (nSPS) is 14.7. The van der Waals surface area contributed by atoms with Crippen molar-refractivity contribution in [2.75, 3.05) is 25.5 Å². The average molecular weight is 432 g/mol. The standard InChI is InChI=1S/C21H25N3O5S/c1-29-18-9-7-17(8-10-18)23-21(26)20(25)22-15-16-5-11-19(12-6-16)30(27,28)24-13-3-2-4-14-24/h5-12H,2-4,13-15H2,1H3,(H,22,25)(H,23,26). The molecule has 0 saturated carbocycles. The average Bonchev–Trinajstić information content (AvgIpc) is 2.78. The topological polar surface area (TPSA) is 105 Å². The third-order valence-electron chi connectivity index (χ3n) is 4.88. The second-order valence-electron chi connectivity index (χ2n) is 6.97.